The van der Waals surface area contributed by atoms with Gasteiger partial charge in [-0.15, -0.1) is 0 Å². The van der Waals surface area contributed by atoms with Gasteiger partial charge in [-0.25, -0.2) is 19.9 Å². The molecule has 0 saturated carbocycles. The second-order valence-corrected chi connectivity index (χ2v) is 17.7. The topological polar surface area (TPSA) is 77.8 Å². The molecular weight excluding hydrogens is 857 g/mol. The summed E-state index contributed by atoms with van der Waals surface area (Å²) in [6, 6.07) is 79.8. The number of benzene rings is 10. The quantitative estimate of drug-likeness (QED) is 0.148. The number of hydrogen-bond acceptors (Lipinski definition) is 6. The number of rotatable bonds is 7. The zero-order chi connectivity index (χ0) is 46.1. The van der Waals surface area contributed by atoms with Crippen LogP contribution in [0.2, 0.25) is 0 Å². The predicted molar refractivity (Wildman–Crippen MR) is 285 cm³/mol. The van der Waals surface area contributed by atoms with Crippen LogP contribution >= 0.6 is 0 Å². The molecule has 0 fully saturated rings. The zero-order valence-corrected chi connectivity index (χ0v) is 37.5. The third-order valence-electron chi connectivity index (χ3n) is 13.5. The third kappa shape index (κ3) is 6.57. The number of nitrogens with zero attached hydrogens (tertiary/aromatic N) is 4. The van der Waals surface area contributed by atoms with Crippen molar-refractivity contribution in [2.75, 3.05) is 0 Å². The van der Waals surface area contributed by atoms with Gasteiger partial charge in [0, 0.05) is 71.1 Å². The lowest BCUT2D eigenvalue weighted by Gasteiger charge is -2.16. The van der Waals surface area contributed by atoms with E-state index in [1.807, 2.05) is 60.7 Å². The largest absolute Gasteiger partial charge is 0.456 e. The van der Waals surface area contributed by atoms with Crippen molar-refractivity contribution in [1.82, 2.24) is 19.9 Å². The summed E-state index contributed by atoms with van der Waals surface area (Å²) in [5.41, 5.74) is 15.3. The van der Waals surface area contributed by atoms with Gasteiger partial charge in [-0.2, -0.15) is 0 Å². The lowest BCUT2D eigenvalue weighted by Crippen LogP contribution is -2.00. The molecule has 0 amide bonds. The van der Waals surface area contributed by atoms with Crippen LogP contribution in [0.5, 0.6) is 0 Å². The van der Waals surface area contributed by atoms with Gasteiger partial charge in [-0.05, 0) is 64.7 Å². The van der Waals surface area contributed by atoms with Gasteiger partial charge in [-0.1, -0.05) is 188 Å². The molecule has 0 aliphatic heterocycles. The van der Waals surface area contributed by atoms with Crippen molar-refractivity contribution in [1.29, 1.82) is 0 Å². The summed E-state index contributed by atoms with van der Waals surface area (Å²) in [5, 5.41) is 7.59. The average molecular weight is 895 g/mol. The first-order chi connectivity index (χ1) is 34.7. The minimum atomic E-state index is 0.582. The molecule has 0 spiro atoms. The van der Waals surface area contributed by atoms with Crippen molar-refractivity contribution in [2.24, 2.45) is 0 Å². The summed E-state index contributed by atoms with van der Waals surface area (Å²) in [6.07, 6.45) is 0. The van der Waals surface area contributed by atoms with Crippen molar-refractivity contribution in [3.8, 4) is 78.8 Å². The highest BCUT2D eigenvalue weighted by Gasteiger charge is 2.23. The van der Waals surface area contributed by atoms with E-state index < -0.39 is 0 Å². The van der Waals surface area contributed by atoms with Crippen molar-refractivity contribution in [3.05, 3.63) is 231 Å². The van der Waals surface area contributed by atoms with Gasteiger partial charge in [0.25, 0.3) is 0 Å². The Morgan fingerprint density at radius 2 is 0.771 bits per heavy atom. The molecule has 326 valence electrons. The fourth-order valence-corrected chi connectivity index (χ4v) is 10.3. The van der Waals surface area contributed by atoms with Crippen molar-refractivity contribution in [2.45, 2.75) is 0 Å². The minimum absolute atomic E-state index is 0.582. The Kier molecular flexibility index (Phi) is 9.10. The summed E-state index contributed by atoms with van der Waals surface area (Å²) in [5.74, 6) is 1.76. The lowest BCUT2D eigenvalue weighted by molar-refractivity contribution is 0.669. The molecule has 4 heterocycles. The molecular formula is C64H38N4O2. The Morgan fingerprint density at radius 1 is 0.271 bits per heavy atom. The fraction of sp³-hybridized carbons (Fsp3) is 0. The second kappa shape index (κ2) is 16.1. The molecule has 0 aliphatic rings. The van der Waals surface area contributed by atoms with E-state index >= 15 is 0 Å². The Morgan fingerprint density at radius 3 is 1.50 bits per heavy atom. The van der Waals surface area contributed by atoms with Gasteiger partial charge in [-0.3, -0.25) is 0 Å². The monoisotopic (exact) mass is 894 g/mol. The molecule has 6 nitrogen and oxygen atoms in total. The molecule has 4 aromatic heterocycles. The number of para-hydroxylation sites is 4. The first kappa shape index (κ1) is 39.6. The average Bonchev–Trinajstić information content (AvgIpc) is 4.01. The van der Waals surface area contributed by atoms with Gasteiger partial charge in [0.1, 0.15) is 22.3 Å². The van der Waals surface area contributed by atoms with Crippen LogP contribution in [0.15, 0.2) is 239 Å². The van der Waals surface area contributed by atoms with Crippen LogP contribution in [-0.2, 0) is 0 Å². The van der Waals surface area contributed by atoms with Crippen molar-refractivity contribution < 1.29 is 8.83 Å². The van der Waals surface area contributed by atoms with Crippen LogP contribution in [0, 0.1) is 0 Å². The molecule has 10 aromatic carbocycles. The molecule has 70 heavy (non-hydrogen) atoms. The molecule has 0 N–H and O–H groups in total. The molecule has 0 radical (unpaired) electrons. The van der Waals surface area contributed by atoms with E-state index in [1.54, 1.807) is 0 Å². The van der Waals surface area contributed by atoms with Gasteiger partial charge in [0.05, 0.1) is 11.2 Å². The van der Waals surface area contributed by atoms with Gasteiger partial charge >= 0.3 is 0 Å². The van der Waals surface area contributed by atoms with Gasteiger partial charge in [0.15, 0.2) is 17.5 Å². The van der Waals surface area contributed by atoms with Gasteiger partial charge in [0.2, 0.25) is 0 Å². The van der Waals surface area contributed by atoms with Crippen LogP contribution in [0.4, 0.5) is 0 Å². The van der Waals surface area contributed by atoms with Gasteiger partial charge < -0.3 is 8.83 Å². The normalized spacial score (nSPS) is 11.7. The Balaban J connectivity index is 0.927. The van der Waals surface area contributed by atoms with E-state index in [2.05, 4.69) is 170 Å². The first-order valence-corrected chi connectivity index (χ1v) is 23.4. The van der Waals surface area contributed by atoms with Crippen LogP contribution in [0.3, 0.4) is 0 Å². The highest BCUT2D eigenvalue weighted by atomic mass is 16.3. The number of fused-ring (bicyclic) bond motifs is 9. The SMILES string of the molecule is c1ccc(-c2nc(-c3cccc(-c4cccc(-c5c6c(cc7c(-c8ccccc8)nc8ccccc8c57)oc5ccccc56)c4)c3)nc(-c3cccc(-c4cccc5c4oc4ccccc45)c3)n2)cc1. The maximum absolute atomic E-state index is 6.69. The summed E-state index contributed by atoms with van der Waals surface area (Å²) in [7, 11) is 0. The number of pyridine rings is 1. The molecule has 0 saturated heterocycles. The van der Waals surface area contributed by atoms with E-state index in [4.69, 9.17) is 28.8 Å². The van der Waals surface area contributed by atoms with Crippen molar-refractivity contribution >= 4 is 65.6 Å². The van der Waals surface area contributed by atoms with Crippen LogP contribution in [0.1, 0.15) is 0 Å². The minimum Gasteiger partial charge on any atom is -0.456 e. The van der Waals surface area contributed by atoms with Crippen LogP contribution < -0.4 is 0 Å². The zero-order valence-electron chi connectivity index (χ0n) is 37.5. The standard InChI is InChI=1S/C64H38N4O2/c1-3-17-39(18-4-1)60-52-38-56-59(51-29-9-12-34-55(51)69-56)57(58(52)50-28-7-10-32-53(50)65-60)44-24-13-21-41(35-44)42-22-14-25-45(36-42)63-66-62(40-19-5-2-6-20-40)67-64(68-63)46-26-15-23-43(37-46)47-30-16-31-49-48-27-8-11-33-54(48)70-61(47)49/h1-38H. The first-order valence-electron chi connectivity index (χ1n) is 23.4. The molecule has 0 bridgehead atoms. The summed E-state index contributed by atoms with van der Waals surface area (Å²) >= 11 is 0. The summed E-state index contributed by atoms with van der Waals surface area (Å²) in [6.45, 7) is 0. The molecule has 0 atom stereocenters. The Bertz CT molecular complexity index is 4370. The third-order valence-corrected chi connectivity index (χ3v) is 13.5. The second-order valence-electron chi connectivity index (χ2n) is 17.7. The highest BCUT2D eigenvalue weighted by Crippen LogP contribution is 2.47. The van der Waals surface area contributed by atoms with Crippen molar-refractivity contribution in [3.63, 3.8) is 0 Å². The molecule has 6 heteroatoms. The van der Waals surface area contributed by atoms with E-state index in [0.29, 0.717) is 17.5 Å². The number of aromatic nitrogens is 4. The molecule has 0 aliphatic carbocycles. The lowest BCUT2D eigenvalue weighted by atomic mass is 9.88. The van der Waals surface area contributed by atoms with E-state index in [9.17, 15) is 0 Å². The van der Waals surface area contributed by atoms with E-state index in [-0.39, 0.29) is 0 Å². The Hall–Kier alpha value is -9.52. The molecule has 14 rings (SSSR count). The highest BCUT2D eigenvalue weighted by molar-refractivity contribution is 6.28. The molecule has 0 unspecified atom stereocenters. The number of hydrogen-bond donors (Lipinski definition) is 0. The summed E-state index contributed by atoms with van der Waals surface area (Å²) in [4.78, 5) is 20.8. The maximum atomic E-state index is 6.69. The smallest absolute Gasteiger partial charge is 0.164 e. The number of furan rings is 2. The fourth-order valence-electron chi connectivity index (χ4n) is 10.3. The predicted octanol–water partition coefficient (Wildman–Crippen LogP) is 17.0. The van der Waals surface area contributed by atoms with E-state index in [1.165, 1.54) is 0 Å². The molecule has 14 aromatic rings. The Labute approximate surface area is 401 Å². The van der Waals surface area contributed by atoms with E-state index in [0.717, 1.165) is 127 Å². The maximum Gasteiger partial charge on any atom is 0.164 e. The summed E-state index contributed by atoms with van der Waals surface area (Å²) < 4.78 is 13.2. The van der Waals surface area contributed by atoms with Crippen LogP contribution in [-0.4, -0.2) is 19.9 Å². The van der Waals surface area contributed by atoms with Crippen LogP contribution in [0.25, 0.3) is 144 Å².